The van der Waals surface area contributed by atoms with E-state index in [0.717, 1.165) is 18.4 Å². The van der Waals surface area contributed by atoms with E-state index in [9.17, 15) is 4.79 Å². The number of benzene rings is 1. The van der Waals surface area contributed by atoms with Gasteiger partial charge < -0.3 is 15.8 Å². The minimum Gasteiger partial charge on any atom is -0.483 e. The van der Waals surface area contributed by atoms with Gasteiger partial charge in [0, 0.05) is 18.2 Å². The van der Waals surface area contributed by atoms with E-state index in [4.69, 9.17) is 10.5 Å². The highest BCUT2D eigenvalue weighted by Crippen LogP contribution is 2.16. The van der Waals surface area contributed by atoms with Crippen LogP contribution < -0.4 is 15.8 Å². The summed E-state index contributed by atoms with van der Waals surface area (Å²) < 4.78 is 5.53. The van der Waals surface area contributed by atoms with Crippen LogP contribution in [0.2, 0.25) is 0 Å². The first-order valence-corrected chi connectivity index (χ1v) is 7.26. The van der Waals surface area contributed by atoms with Crippen LogP contribution in [0.3, 0.4) is 0 Å². The highest BCUT2D eigenvalue weighted by molar-refractivity contribution is 5.77. The van der Waals surface area contributed by atoms with E-state index in [1.165, 1.54) is 0 Å². The number of carbonyl (C=O) groups is 1. The molecule has 0 fully saturated rings. The van der Waals surface area contributed by atoms with Crippen LogP contribution in [0.4, 0.5) is 0 Å². The molecule has 0 heterocycles. The van der Waals surface area contributed by atoms with E-state index in [1.54, 1.807) is 0 Å². The van der Waals surface area contributed by atoms with Crippen LogP contribution in [0.1, 0.15) is 39.2 Å². The molecule has 3 N–H and O–H groups in total. The largest absolute Gasteiger partial charge is 0.483 e. The van der Waals surface area contributed by atoms with Crippen molar-refractivity contribution in [3.63, 3.8) is 0 Å². The maximum absolute atomic E-state index is 11.8. The van der Waals surface area contributed by atoms with E-state index in [-0.39, 0.29) is 18.6 Å². The molecular formula is C16H26N2O2. The van der Waals surface area contributed by atoms with Crippen molar-refractivity contribution in [2.45, 2.75) is 46.2 Å². The number of hydrogen-bond acceptors (Lipinski definition) is 3. The van der Waals surface area contributed by atoms with Gasteiger partial charge in [0.25, 0.3) is 5.91 Å². The quantitative estimate of drug-likeness (QED) is 0.767. The van der Waals surface area contributed by atoms with Crippen LogP contribution in [0.5, 0.6) is 5.75 Å². The summed E-state index contributed by atoms with van der Waals surface area (Å²) in [6.45, 7) is 6.81. The summed E-state index contributed by atoms with van der Waals surface area (Å²) in [7, 11) is 0. The molecule has 0 saturated carbocycles. The van der Waals surface area contributed by atoms with Gasteiger partial charge >= 0.3 is 0 Å². The van der Waals surface area contributed by atoms with Crippen LogP contribution in [0.15, 0.2) is 24.3 Å². The van der Waals surface area contributed by atoms with Crippen molar-refractivity contribution in [1.82, 2.24) is 5.32 Å². The molecule has 0 bridgehead atoms. The number of ether oxygens (including phenoxy) is 1. The smallest absolute Gasteiger partial charge is 0.258 e. The average Bonchev–Trinajstić information content (AvgIpc) is 2.45. The van der Waals surface area contributed by atoms with Crippen molar-refractivity contribution in [3.05, 3.63) is 29.8 Å². The van der Waals surface area contributed by atoms with E-state index in [1.807, 2.05) is 31.2 Å². The zero-order valence-corrected chi connectivity index (χ0v) is 12.7. The number of hydrogen-bond donors (Lipinski definition) is 2. The number of rotatable bonds is 8. The number of nitrogens with two attached hydrogens (primary N) is 1. The second-order valence-electron chi connectivity index (χ2n) is 5.32. The second kappa shape index (κ2) is 8.59. The average molecular weight is 278 g/mol. The highest BCUT2D eigenvalue weighted by atomic mass is 16.5. The summed E-state index contributed by atoms with van der Waals surface area (Å²) in [5.41, 5.74) is 6.54. The SMILES string of the molecule is CCC(C)CC(C)NC(=O)COc1ccccc1CN. The molecule has 0 aliphatic heterocycles. The minimum atomic E-state index is -0.0902. The Bertz CT molecular complexity index is 421. The van der Waals surface area contributed by atoms with Gasteiger partial charge in [-0.15, -0.1) is 0 Å². The maximum Gasteiger partial charge on any atom is 0.258 e. The lowest BCUT2D eigenvalue weighted by Crippen LogP contribution is -2.37. The van der Waals surface area contributed by atoms with Gasteiger partial charge in [-0.2, -0.15) is 0 Å². The van der Waals surface area contributed by atoms with Gasteiger partial charge in [-0.1, -0.05) is 38.5 Å². The van der Waals surface area contributed by atoms with Crippen molar-refractivity contribution in [2.75, 3.05) is 6.61 Å². The monoisotopic (exact) mass is 278 g/mol. The Morgan fingerprint density at radius 3 is 2.70 bits per heavy atom. The first kappa shape index (κ1) is 16.5. The lowest BCUT2D eigenvalue weighted by Gasteiger charge is -2.18. The molecule has 0 radical (unpaired) electrons. The van der Waals surface area contributed by atoms with Gasteiger partial charge in [0.05, 0.1) is 0 Å². The molecule has 4 heteroatoms. The molecule has 1 aromatic carbocycles. The van der Waals surface area contributed by atoms with Crippen molar-refractivity contribution in [3.8, 4) is 5.75 Å². The summed E-state index contributed by atoms with van der Waals surface area (Å²) in [4.78, 5) is 11.8. The predicted octanol–water partition coefficient (Wildman–Crippen LogP) is 2.46. The standard InChI is InChI=1S/C16H26N2O2/c1-4-12(2)9-13(3)18-16(19)11-20-15-8-6-5-7-14(15)10-17/h5-8,12-13H,4,9-11,17H2,1-3H3,(H,18,19). The molecule has 2 atom stereocenters. The van der Waals surface area contributed by atoms with E-state index in [0.29, 0.717) is 18.2 Å². The first-order valence-electron chi connectivity index (χ1n) is 7.26. The number of carbonyl (C=O) groups excluding carboxylic acids is 1. The maximum atomic E-state index is 11.8. The predicted molar refractivity (Wildman–Crippen MR) is 81.5 cm³/mol. The molecule has 1 aromatic rings. The van der Waals surface area contributed by atoms with Crippen molar-refractivity contribution in [1.29, 1.82) is 0 Å². The zero-order chi connectivity index (χ0) is 15.0. The number of nitrogens with one attached hydrogen (secondary N) is 1. The third kappa shape index (κ3) is 5.61. The summed E-state index contributed by atoms with van der Waals surface area (Å²) in [5.74, 6) is 1.21. The van der Waals surface area contributed by atoms with E-state index < -0.39 is 0 Å². The highest BCUT2D eigenvalue weighted by Gasteiger charge is 2.11. The van der Waals surface area contributed by atoms with Gasteiger partial charge in [0.1, 0.15) is 5.75 Å². The molecule has 0 aromatic heterocycles. The van der Waals surface area contributed by atoms with Gasteiger partial charge in [-0.25, -0.2) is 0 Å². The molecule has 0 aliphatic rings. The summed E-state index contributed by atoms with van der Waals surface area (Å²) in [5, 5.41) is 2.96. The molecule has 112 valence electrons. The number of para-hydroxylation sites is 1. The topological polar surface area (TPSA) is 64.3 Å². The Morgan fingerprint density at radius 1 is 1.35 bits per heavy atom. The zero-order valence-electron chi connectivity index (χ0n) is 12.7. The second-order valence-corrected chi connectivity index (χ2v) is 5.32. The summed E-state index contributed by atoms with van der Waals surface area (Å²) in [6.07, 6.45) is 2.11. The van der Waals surface area contributed by atoms with E-state index >= 15 is 0 Å². The Kier molecular flexibility index (Phi) is 7.09. The number of amides is 1. The molecule has 4 nitrogen and oxygen atoms in total. The molecule has 0 saturated heterocycles. The molecule has 1 rings (SSSR count). The van der Waals surface area contributed by atoms with Gasteiger partial charge in [0.2, 0.25) is 0 Å². The Labute approximate surface area is 121 Å². The molecular weight excluding hydrogens is 252 g/mol. The van der Waals surface area contributed by atoms with E-state index in [2.05, 4.69) is 19.2 Å². The third-order valence-electron chi connectivity index (χ3n) is 3.41. The van der Waals surface area contributed by atoms with Gasteiger partial charge in [0.15, 0.2) is 6.61 Å². The van der Waals surface area contributed by atoms with Crippen LogP contribution >= 0.6 is 0 Å². The minimum absolute atomic E-state index is 0.0296. The molecule has 2 unspecified atom stereocenters. The fourth-order valence-corrected chi connectivity index (χ4v) is 2.10. The molecule has 20 heavy (non-hydrogen) atoms. The third-order valence-corrected chi connectivity index (χ3v) is 3.41. The van der Waals surface area contributed by atoms with Gasteiger partial charge in [-0.3, -0.25) is 4.79 Å². The lowest BCUT2D eigenvalue weighted by atomic mass is 10.0. The Hall–Kier alpha value is -1.55. The normalized spacial score (nSPS) is 13.6. The van der Waals surface area contributed by atoms with Crippen LogP contribution in [-0.2, 0) is 11.3 Å². The fraction of sp³-hybridized carbons (Fsp3) is 0.562. The summed E-state index contributed by atoms with van der Waals surface area (Å²) >= 11 is 0. The van der Waals surface area contributed by atoms with Gasteiger partial charge in [-0.05, 0) is 25.3 Å². The molecule has 0 spiro atoms. The Balaban J connectivity index is 2.39. The van der Waals surface area contributed by atoms with Crippen molar-refractivity contribution in [2.24, 2.45) is 11.7 Å². The Morgan fingerprint density at radius 2 is 2.05 bits per heavy atom. The van der Waals surface area contributed by atoms with Crippen molar-refractivity contribution >= 4 is 5.91 Å². The van der Waals surface area contributed by atoms with Crippen LogP contribution in [0, 0.1) is 5.92 Å². The lowest BCUT2D eigenvalue weighted by molar-refractivity contribution is -0.123. The fourth-order valence-electron chi connectivity index (χ4n) is 2.10. The molecule has 0 aliphatic carbocycles. The van der Waals surface area contributed by atoms with Crippen molar-refractivity contribution < 1.29 is 9.53 Å². The van der Waals surface area contributed by atoms with Crippen LogP contribution in [0.25, 0.3) is 0 Å². The summed E-state index contributed by atoms with van der Waals surface area (Å²) in [6, 6.07) is 7.68. The van der Waals surface area contributed by atoms with Crippen LogP contribution in [-0.4, -0.2) is 18.6 Å². The molecule has 1 amide bonds. The first-order chi connectivity index (χ1) is 9.56.